The Hall–Kier alpha value is -2.10. The number of hydrogen-bond acceptors (Lipinski definition) is 7. The van der Waals surface area contributed by atoms with Crippen LogP contribution in [0.1, 0.15) is 31.6 Å². The molecule has 0 spiro atoms. The Balaban J connectivity index is 1.85. The molecule has 0 saturated carbocycles. The topological polar surface area (TPSA) is 66.9 Å². The van der Waals surface area contributed by atoms with Gasteiger partial charge >= 0.3 is 0 Å². The highest BCUT2D eigenvalue weighted by Gasteiger charge is 2.44. The van der Waals surface area contributed by atoms with Gasteiger partial charge in [0.2, 0.25) is 17.7 Å². The molecule has 2 aliphatic rings. The molecule has 0 radical (unpaired) electrons. The molecule has 1 fully saturated rings. The van der Waals surface area contributed by atoms with Crippen LogP contribution in [0.15, 0.2) is 18.2 Å². The Morgan fingerprint density at radius 2 is 1.89 bits per heavy atom. The summed E-state index contributed by atoms with van der Waals surface area (Å²) in [6.07, 6.45) is 0.325. The van der Waals surface area contributed by atoms with E-state index >= 15 is 0 Å². The Morgan fingerprint density at radius 1 is 1.21 bits per heavy atom. The van der Waals surface area contributed by atoms with E-state index in [9.17, 15) is 14.4 Å². The lowest BCUT2D eigenvalue weighted by atomic mass is 9.87. The van der Waals surface area contributed by atoms with Crippen molar-refractivity contribution in [3.8, 4) is 16.9 Å². The van der Waals surface area contributed by atoms with Gasteiger partial charge in [-0.2, -0.15) is 0 Å². The van der Waals surface area contributed by atoms with Crippen molar-refractivity contribution in [1.29, 1.82) is 0 Å². The van der Waals surface area contributed by atoms with E-state index in [0.29, 0.717) is 11.4 Å². The fourth-order valence-corrected chi connectivity index (χ4v) is 7.07. The summed E-state index contributed by atoms with van der Waals surface area (Å²) in [5.74, 6) is -0.288. The van der Waals surface area contributed by atoms with E-state index in [2.05, 4.69) is 0 Å². The van der Waals surface area contributed by atoms with Gasteiger partial charge in [0.25, 0.3) is 0 Å². The second-order valence-electron chi connectivity index (χ2n) is 7.20. The molecule has 0 bridgehead atoms. The smallest absolute Gasteiger partial charge is 0.247 e. The first kappa shape index (κ1) is 19.2. The Bertz CT molecular complexity index is 1050. The summed E-state index contributed by atoms with van der Waals surface area (Å²) in [7, 11) is 4.64. The van der Waals surface area contributed by atoms with Crippen LogP contribution < -0.4 is 9.64 Å². The normalized spacial score (nSPS) is 17.5. The lowest BCUT2D eigenvalue weighted by molar-refractivity contribution is -0.142. The number of amides is 3. The van der Waals surface area contributed by atoms with Crippen molar-refractivity contribution in [1.82, 2.24) is 4.90 Å². The highest BCUT2D eigenvalue weighted by Crippen LogP contribution is 2.52. The van der Waals surface area contributed by atoms with Crippen LogP contribution in [-0.2, 0) is 19.9 Å². The monoisotopic (exact) mass is 434 g/mol. The standard InChI is InChI=1S/C19H18N2O4S3/c1-19(2)17-16(18(26)28-27-17)11-5-4-10(25-3)8-12(11)21(19)15(24)9-20-13(22)6-7-14(20)23/h4-5,8H,6-7,9H2,1-3H3. The molecule has 1 aromatic heterocycles. The fraction of sp³-hybridized carbons (Fsp3) is 0.368. The minimum absolute atomic E-state index is 0.163. The molecule has 146 valence electrons. The van der Waals surface area contributed by atoms with Crippen LogP contribution in [0.5, 0.6) is 5.75 Å². The number of hydrogen-bond donors (Lipinski definition) is 0. The summed E-state index contributed by atoms with van der Waals surface area (Å²) in [6.45, 7) is 3.65. The fourth-order valence-electron chi connectivity index (χ4n) is 3.78. The van der Waals surface area contributed by atoms with Crippen molar-refractivity contribution in [2.45, 2.75) is 32.2 Å². The van der Waals surface area contributed by atoms with E-state index in [1.165, 1.54) is 10.3 Å². The zero-order valence-corrected chi connectivity index (χ0v) is 18.1. The van der Waals surface area contributed by atoms with Gasteiger partial charge in [0.05, 0.1) is 23.2 Å². The maximum atomic E-state index is 13.4. The summed E-state index contributed by atoms with van der Waals surface area (Å²) in [5.41, 5.74) is 1.85. The highest BCUT2D eigenvalue weighted by molar-refractivity contribution is 7.80. The second kappa shape index (κ2) is 6.75. The zero-order chi connectivity index (χ0) is 20.2. The summed E-state index contributed by atoms with van der Waals surface area (Å²) >= 11 is 5.56. The number of benzene rings is 1. The number of carbonyl (C=O) groups excluding carboxylic acids is 3. The van der Waals surface area contributed by atoms with Crippen molar-refractivity contribution >= 4 is 56.3 Å². The number of ether oxygens (including phenoxy) is 1. The predicted molar refractivity (Wildman–Crippen MR) is 111 cm³/mol. The molecular weight excluding hydrogens is 416 g/mol. The first-order chi connectivity index (χ1) is 13.3. The van der Waals surface area contributed by atoms with E-state index in [-0.39, 0.29) is 37.1 Å². The zero-order valence-electron chi connectivity index (χ0n) is 15.6. The molecule has 28 heavy (non-hydrogen) atoms. The van der Waals surface area contributed by atoms with Gasteiger partial charge in [-0.25, -0.2) is 0 Å². The third-order valence-corrected chi connectivity index (χ3v) is 8.49. The van der Waals surface area contributed by atoms with Gasteiger partial charge in [-0.1, -0.05) is 32.9 Å². The Labute approximate surface area is 174 Å². The van der Waals surface area contributed by atoms with Crippen molar-refractivity contribution in [2.75, 3.05) is 18.6 Å². The molecule has 3 heterocycles. The number of nitrogens with zero attached hydrogens (tertiary/aromatic N) is 2. The third kappa shape index (κ3) is 2.80. The molecule has 0 unspecified atom stereocenters. The van der Waals surface area contributed by atoms with Gasteiger partial charge in [0, 0.05) is 30.0 Å². The van der Waals surface area contributed by atoms with Crippen LogP contribution in [0, 0.1) is 3.82 Å². The Morgan fingerprint density at radius 3 is 2.54 bits per heavy atom. The van der Waals surface area contributed by atoms with E-state index in [1.54, 1.807) is 22.4 Å². The van der Waals surface area contributed by atoms with Gasteiger partial charge in [-0.15, -0.1) is 0 Å². The molecule has 0 aliphatic carbocycles. The maximum Gasteiger partial charge on any atom is 0.247 e. The minimum Gasteiger partial charge on any atom is -0.497 e. The van der Waals surface area contributed by atoms with Gasteiger partial charge < -0.3 is 4.74 Å². The quantitative estimate of drug-likeness (QED) is 0.416. The van der Waals surface area contributed by atoms with Gasteiger partial charge in [-0.3, -0.25) is 24.2 Å². The van der Waals surface area contributed by atoms with E-state index in [0.717, 1.165) is 24.7 Å². The molecule has 1 saturated heterocycles. The highest BCUT2D eigenvalue weighted by atomic mass is 32.9. The van der Waals surface area contributed by atoms with Crippen LogP contribution in [0.25, 0.3) is 11.1 Å². The molecule has 9 heteroatoms. The number of carbonyl (C=O) groups is 3. The molecule has 4 rings (SSSR count). The number of rotatable bonds is 3. The van der Waals surface area contributed by atoms with Crippen LogP contribution >= 0.6 is 32.9 Å². The molecular formula is C19H18N2O4S3. The molecule has 1 aromatic carbocycles. The summed E-state index contributed by atoms with van der Waals surface area (Å²) in [5, 5.41) is 0. The van der Waals surface area contributed by atoms with Crippen molar-refractivity contribution in [3.63, 3.8) is 0 Å². The minimum atomic E-state index is -0.671. The first-order valence-corrected chi connectivity index (χ1v) is 11.3. The average molecular weight is 435 g/mol. The Kier molecular flexibility index (Phi) is 4.64. The van der Waals surface area contributed by atoms with Gasteiger partial charge in [-0.05, 0) is 26.0 Å². The van der Waals surface area contributed by atoms with E-state index < -0.39 is 5.54 Å². The second-order valence-corrected chi connectivity index (χ2v) is 10.0. The number of imide groups is 1. The van der Waals surface area contributed by atoms with Crippen molar-refractivity contribution < 1.29 is 19.1 Å². The SMILES string of the molecule is COc1ccc2c(c1)N(C(=O)CN1C(=O)CCC1=O)C(C)(C)c1ssc(=S)c1-2. The van der Waals surface area contributed by atoms with Gasteiger partial charge in [0.1, 0.15) is 16.1 Å². The number of likely N-dealkylation sites (tertiary alicyclic amines) is 1. The number of anilines is 1. The molecule has 3 amide bonds. The van der Waals surface area contributed by atoms with Crippen LogP contribution in [0.2, 0.25) is 0 Å². The largest absolute Gasteiger partial charge is 0.497 e. The van der Waals surface area contributed by atoms with Crippen LogP contribution in [-0.4, -0.2) is 36.3 Å². The molecule has 0 atom stereocenters. The van der Waals surface area contributed by atoms with E-state index in [4.69, 9.17) is 17.0 Å². The number of methoxy groups -OCH3 is 1. The summed E-state index contributed by atoms with van der Waals surface area (Å²) in [4.78, 5) is 41.1. The number of fused-ring (bicyclic) bond motifs is 3. The summed E-state index contributed by atoms with van der Waals surface area (Å²) < 4.78 is 6.15. The van der Waals surface area contributed by atoms with Crippen LogP contribution in [0.4, 0.5) is 5.69 Å². The maximum absolute atomic E-state index is 13.4. The summed E-state index contributed by atoms with van der Waals surface area (Å²) in [6, 6.07) is 5.56. The molecule has 0 N–H and O–H groups in total. The molecule has 6 nitrogen and oxygen atoms in total. The van der Waals surface area contributed by atoms with Crippen LogP contribution in [0.3, 0.4) is 0 Å². The lowest BCUT2D eigenvalue weighted by Gasteiger charge is -2.43. The molecule has 2 aromatic rings. The third-order valence-electron chi connectivity index (χ3n) is 5.16. The lowest BCUT2D eigenvalue weighted by Crippen LogP contribution is -2.52. The van der Waals surface area contributed by atoms with E-state index in [1.807, 2.05) is 32.0 Å². The van der Waals surface area contributed by atoms with Crippen molar-refractivity contribution in [3.05, 3.63) is 26.9 Å². The average Bonchev–Trinajstić information content (AvgIpc) is 3.19. The predicted octanol–water partition coefficient (Wildman–Crippen LogP) is 3.95. The molecule has 2 aliphatic heterocycles. The van der Waals surface area contributed by atoms with Gasteiger partial charge in [0.15, 0.2) is 0 Å². The first-order valence-electron chi connectivity index (χ1n) is 8.74. The van der Waals surface area contributed by atoms with Crippen molar-refractivity contribution in [2.24, 2.45) is 0 Å².